The van der Waals surface area contributed by atoms with Gasteiger partial charge in [0.05, 0.1) is 6.10 Å². The molecule has 1 aliphatic heterocycles. The van der Waals surface area contributed by atoms with Crippen LogP contribution in [0.15, 0.2) is 30.3 Å². The van der Waals surface area contributed by atoms with Crippen LogP contribution in [-0.4, -0.2) is 55.1 Å². The lowest BCUT2D eigenvalue weighted by atomic mass is 10.1. The van der Waals surface area contributed by atoms with E-state index in [9.17, 15) is 4.79 Å². The molecule has 0 unspecified atom stereocenters. The van der Waals surface area contributed by atoms with Crippen LogP contribution in [0.5, 0.6) is 0 Å². The Morgan fingerprint density at radius 1 is 1.35 bits per heavy atom. The summed E-state index contributed by atoms with van der Waals surface area (Å²) in [5, 5.41) is 0. The van der Waals surface area contributed by atoms with Gasteiger partial charge in [-0.3, -0.25) is 9.69 Å². The van der Waals surface area contributed by atoms with E-state index in [-0.39, 0.29) is 18.1 Å². The summed E-state index contributed by atoms with van der Waals surface area (Å²) in [6.45, 7) is 4.84. The van der Waals surface area contributed by atoms with Gasteiger partial charge in [-0.05, 0) is 65.4 Å². The molecule has 0 aromatic heterocycles. The van der Waals surface area contributed by atoms with Crippen molar-refractivity contribution in [1.29, 1.82) is 0 Å². The van der Waals surface area contributed by atoms with Crippen molar-refractivity contribution >= 4 is 5.97 Å². The van der Waals surface area contributed by atoms with Crippen LogP contribution in [0.3, 0.4) is 0 Å². The third-order valence-corrected chi connectivity index (χ3v) is 4.40. The van der Waals surface area contributed by atoms with Crippen molar-refractivity contribution in [2.24, 2.45) is 0 Å². The molecule has 0 bridgehead atoms. The number of esters is 1. The van der Waals surface area contributed by atoms with Gasteiger partial charge in [0, 0.05) is 6.54 Å². The minimum atomic E-state index is -0.0773. The number of likely N-dealkylation sites (tertiary alicyclic amines) is 1. The highest BCUT2D eigenvalue weighted by Gasteiger charge is 2.32. The lowest BCUT2D eigenvalue weighted by Crippen LogP contribution is -2.38. The van der Waals surface area contributed by atoms with Crippen molar-refractivity contribution in [1.82, 2.24) is 9.80 Å². The second-order valence-electron chi connectivity index (χ2n) is 6.81. The van der Waals surface area contributed by atoms with Gasteiger partial charge >= 0.3 is 5.97 Å². The van der Waals surface area contributed by atoms with Gasteiger partial charge in [0.25, 0.3) is 0 Å². The largest absolute Gasteiger partial charge is 0.462 e. The molecule has 0 N–H and O–H groups in total. The number of carbonyl (C=O) groups is 1. The van der Waals surface area contributed by atoms with Crippen LogP contribution in [0.25, 0.3) is 0 Å². The van der Waals surface area contributed by atoms with Gasteiger partial charge in [0.2, 0.25) is 0 Å². The van der Waals surface area contributed by atoms with Crippen molar-refractivity contribution in [3.8, 4) is 0 Å². The Bertz CT molecular complexity index is 476. The highest BCUT2D eigenvalue weighted by molar-refractivity contribution is 5.76. The van der Waals surface area contributed by atoms with Crippen LogP contribution in [0.1, 0.15) is 38.2 Å². The van der Waals surface area contributed by atoms with Crippen LogP contribution >= 0.6 is 0 Å². The maximum Gasteiger partial charge on any atom is 0.323 e. The Kier molecular flexibility index (Phi) is 7.06. The second-order valence-corrected chi connectivity index (χ2v) is 6.81. The third kappa shape index (κ3) is 5.96. The minimum absolute atomic E-state index is 0.00150. The molecule has 0 saturated carbocycles. The molecule has 0 amide bonds. The number of benzene rings is 1. The average molecular weight is 318 g/mol. The standard InChI is InChI=1S/C19H30N2O2/c1-16(9-7-13-20(2)3)23-19(22)18-12-8-14-21(18)15-17-10-5-4-6-11-17/h4-6,10-11,16,18H,7-9,12-15H2,1-3H3/t16-,18+/m0/s1. The van der Waals surface area contributed by atoms with Crippen LogP contribution in [0.4, 0.5) is 0 Å². The molecule has 1 saturated heterocycles. The van der Waals surface area contributed by atoms with Gasteiger partial charge in [-0.1, -0.05) is 30.3 Å². The zero-order valence-electron chi connectivity index (χ0n) is 14.7. The van der Waals surface area contributed by atoms with E-state index < -0.39 is 0 Å². The Hall–Kier alpha value is -1.39. The van der Waals surface area contributed by atoms with E-state index in [0.717, 1.165) is 45.3 Å². The Morgan fingerprint density at radius 2 is 2.09 bits per heavy atom. The van der Waals surface area contributed by atoms with Gasteiger partial charge in [0.1, 0.15) is 6.04 Å². The molecule has 23 heavy (non-hydrogen) atoms. The molecule has 2 rings (SSSR count). The fraction of sp³-hybridized carbons (Fsp3) is 0.632. The molecule has 1 aromatic carbocycles. The summed E-state index contributed by atoms with van der Waals surface area (Å²) in [7, 11) is 4.13. The van der Waals surface area contributed by atoms with Crippen LogP contribution in [0.2, 0.25) is 0 Å². The van der Waals surface area contributed by atoms with Crippen LogP contribution in [0, 0.1) is 0 Å². The van der Waals surface area contributed by atoms with Crippen molar-refractivity contribution in [3.63, 3.8) is 0 Å². The van der Waals surface area contributed by atoms with Crippen LogP contribution < -0.4 is 0 Å². The highest BCUT2D eigenvalue weighted by atomic mass is 16.5. The molecule has 4 nitrogen and oxygen atoms in total. The molecule has 4 heteroatoms. The summed E-state index contributed by atoms with van der Waals surface area (Å²) in [5.41, 5.74) is 1.26. The summed E-state index contributed by atoms with van der Waals surface area (Å²) in [6, 6.07) is 10.3. The fourth-order valence-corrected chi connectivity index (χ4v) is 3.13. The number of nitrogens with zero attached hydrogens (tertiary/aromatic N) is 2. The molecule has 0 aliphatic carbocycles. The number of hydrogen-bond acceptors (Lipinski definition) is 4. The van der Waals surface area contributed by atoms with Gasteiger partial charge in [-0.2, -0.15) is 0 Å². The number of carbonyl (C=O) groups excluding carboxylic acids is 1. The Morgan fingerprint density at radius 3 is 2.78 bits per heavy atom. The normalized spacial score (nSPS) is 19.9. The molecule has 2 atom stereocenters. The van der Waals surface area contributed by atoms with E-state index in [1.165, 1.54) is 5.56 Å². The van der Waals surface area contributed by atoms with E-state index >= 15 is 0 Å². The van der Waals surface area contributed by atoms with Gasteiger partial charge in [-0.15, -0.1) is 0 Å². The Balaban J connectivity index is 1.80. The molecule has 1 aliphatic rings. The van der Waals surface area contributed by atoms with E-state index in [0.29, 0.717) is 0 Å². The minimum Gasteiger partial charge on any atom is -0.462 e. The monoisotopic (exact) mass is 318 g/mol. The van der Waals surface area contributed by atoms with E-state index in [1.54, 1.807) is 0 Å². The average Bonchev–Trinajstić information content (AvgIpc) is 2.96. The maximum atomic E-state index is 12.5. The molecule has 1 aromatic rings. The molecule has 1 fully saturated rings. The summed E-state index contributed by atoms with van der Waals surface area (Å²) in [6.07, 6.45) is 3.97. The quantitative estimate of drug-likeness (QED) is 0.690. The predicted molar refractivity (Wildman–Crippen MR) is 93.2 cm³/mol. The van der Waals surface area contributed by atoms with Gasteiger partial charge < -0.3 is 9.64 Å². The molecule has 0 radical (unpaired) electrons. The van der Waals surface area contributed by atoms with Crippen molar-refractivity contribution in [2.75, 3.05) is 27.2 Å². The topological polar surface area (TPSA) is 32.8 Å². The highest BCUT2D eigenvalue weighted by Crippen LogP contribution is 2.22. The summed E-state index contributed by atoms with van der Waals surface area (Å²) in [4.78, 5) is 16.9. The zero-order valence-corrected chi connectivity index (χ0v) is 14.7. The maximum absolute atomic E-state index is 12.5. The molecule has 0 spiro atoms. The SMILES string of the molecule is C[C@@H](CCCN(C)C)OC(=O)[C@H]1CCCN1Cc1ccccc1. The van der Waals surface area contributed by atoms with Crippen molar-refractivity contribution in [3.05, 3.63) is 35.9 Å². The van der Waals surface area contributed by atoms with Crippen LogP contribution in [-0.2, 0) is 16.1 Å². The van der Waals surface area contributed by atoms with E-state index in [1.807, 2.05) is 25.1 Å². The Labute approximate surface area is 140 Å². The van der Waals surface area contributed by atoms with Gasteiger partial charge in [-0.25, -0.2) is 0 Å². The van der Waals surface area contributed by atoms with Crippen molar-refractivity contribution in [2.45, 2.75) is 51.3 Å². The number of hydrogen-bond donors (Lipinski definition) is 0. The first-order chi connectivity index (χ1) is 11.1. The smallest absolute Gasteiger partial charge is 0.323 e. The summed E-state index contributed by atoms with van der Waals surface area (Å²) >= 11 is 0. The number of rotatable bonds is 8. The predicted octanol–water partition coefficient (Wildman–Crippen LogP) is 2.92. The lowest BCUT2D eigenvalue weighted by molar-refractivity contribution is -0.154. The molecule has 128 valence electrons. The first kappa shape index (κ1) is 18.0. The lowest BCUT2D eigenvalue weighted by Gasteiger charge is -2.25. The fourth-order valence-electron chi connectivity index (χ4n) is 3.13. The van der Waals surface area contributed by atoms with E-state index in [2.05, 4.69) is 36.0 Å². The first-order valence-corrected chi connectivity index (χ1v) is 8.69. The zero-order chi connectivity index (χ0) is 16.7. The third-order valence-electron chi connectivity index (χ3n) is 4.40. The van der Waals surface area contributed by atoms with Gasteiger partial charge in [0.15, 0.2) is 0 Å². The second kappa shape index (κ2) is 9.04. The number of ether oxygens (including phenoxy) is 1. The summed E-state index contributed by atoms with van der Waals surface area (Å²) in [5.74, 6) is -0.0456. The van der Waals surface area contributed by atoms with E-state index in [4.69, 9.17) is 4.74 Å². The molecule has 1 heterocycles. The molecular weight excluding hydrogens is 288 g/mol. The first-order valence-electron chi connectivity index (χ1n) is 8.69. The van der Waals surface area contributed by atoms with Crippen molar-refractivity contribution < 1.29 is 9.53 Å². The molecular formula is C19H30N2O2. The summed E-state index contributed by atoms with van der Waals surface area (Å²) < 4.78 is 5.68.